The van der Waals surface area contributed by atoms with Gasteiger partial charge in [-0.15, -0.1) is 10.2 Å². The molecule has 5 rings (SSSR count). The molecule has 0 aliphatic carbocycles. The number of benzene rings is 1. The van der Waals surface area contributed by atoms with Gasteiger partial charge in [0.15, 0.2) is 0 Å². The van der Waals surface area contributed by atoms with E-state index in [4.69, 9.17) is 4.74 Å². The lowest BCUT2D eigenvalue weighted by Crippen LogP contribution is -2.14. The van der Waals surface area contributed by atoms with Gasteiger partial charge < -0.3 is 4.74 Å². The monoisotopic (exact) mass is 470 g/mol. The van der Waals surface area contributed by atoms with Gasteiger partial charge in [-0.2, -0.15) is 0 Å². The van der Waals surface area contributed by atoms with Crippen LogP contribution in [0.3, 0.4) is 0 Å². The van der Waals surface area contributed by atoms with E-state index in [-0.39, 0.29) is 16.5 Å². The van der Waals surface area contributed by atoms with E-state index in [0.29, 0.717) is 11.3 Å². The molecule has 0 amide bonds. The normalized spacial score (nSPS) is 11.3. The molecule has 1 N–H and O–H groups in total. The van der Waals surface area contributed by atoms with Crippen molar-refractivity contribution in [2.75, 3.05) is 11.8 Å². The minimum atomic E-state index is -3.85. The highest BCUT2D eigenvalue weighted by atomic mass is 32.2. The third-order valence-electron chi connectivity index (χ3n) is 5.12. The Morgan fingerprint density at radius 2 is 1.68 bits per heavy atom. The first kappa shape index (κ1) is 21.4. The number of sulfonamides is 1. The number of hydrogen-bond acceptors (Lipinski definition) is 8. The molecule has 0 saturated carbocycles. The van der Waals surface area contributed by atoms with Gasteiger partial charge in [0, 0.05) is 47.5 Å². The molecular formula is C24H18N6O3S. The van der Waals surface area contributed by atoms with Crippen molar-refractivity contribution >= 4 is 26.6 Å². The van der Waals surface area contributed by atoms with E-state index in [1.165, 1.54) is 31.6 Å². The van der Waals surface area contributed by atoms with E-state index in [1.54, 1.807) is 24.7 Å². The Balaban J connectivity index is 1.54. The maximum Gasteiger partial charge on any atom is 0.262 e. The number of ether oxygens (including phenoxy) is 1. The maximum atomic E-state index is 12.8. The van der Waals surface area contributed by atoms with Gasteiger partial charge in [-0.1, -0.05) is 6.07 Å². The summed E-state index contributed by atoms with van der Waals surface area (Å²) in [6.45, 7) is 0. The zero-order valence-corrected chi connectivity index (χ0v) is 18.8. The summed E-state index contributed by atoms with van der Waals surface area (Å²) in [7, 11) is -2.42. The lowest BCUT2D eigenvalue weighted by molar-refractivity contribution is 0.400. The van der Waals surface area contributed by atoms with Crippen molar-refractivity contribution in [3.8, 4) is 28.3 Å². The van der Waals surface area contributed by atoms with Crippen LogP contribution >= 0.6 is 0 Å². The van der Waals surface area contributed by atoms with Crippen molar-refractivity contribution in [1.82, 2.24) is 25.1 Å². The molecule has 34 heavy (non-hydrogen) atoms. The molecule has 0 aliphatic rings. The summed E-state index contributed by atoms with van der Waals surface area (Å²) in [5, 5.41) is 9.47. The first-order valence-corrected chi connectivity index (χ1v) is 11.7. The number of hydrogen-bond donors (Lipinski definition) is 1. The maximum absolute atomic E-state index is 12.8. The van der Waals surface area contributed by atoms with E-state index in [9.17, 15) is 8.42 Å². The second kappa shape index (κ2) is 8.83. The molecule has 0 bridgehead atoms. The molecule has 0 aliphatic heterocycles. The zero-order valence-electron chi connectivity index (χ0n) is 18.0. The molecular weight excluding hydrogens is 452 g/mol. The fourth-order valence-electron chi connectivity index (χ4n) is 3.45. The summed E-state index contributed by atoms with van der Waals surface area (Å²) in [6.07, 6.45) is 7.89. The van der Waals surface area contributed by atoms with Crippen LogP contribution in [0.4, 0.5) is 5.69 Å². The highest BCUT2D eigenvalue weighted by molar-refractivity contribution is 7.92. The van der Waals surface area contributed by atoms with Crippen LogP contribution in [0.1, 0.15) is 0 Å². The Kier molecular flexibility index (Phi) is 5.56. The number of nitrogens with zero attached hydrogens (tertiary/aromatic N) is 5. The van der Waals surface area contributed by atoms with E-state index in [0.717, 1.165) is 22.0 Å². The standard InChI is InChI=1S/C24H18N6O3S/c1-33-24-23(30-34(31,32)20-6-9-25-10-7-20)13-19(15-27-24)16-4-5-21-18(11-16)12-22(29-28-21)17-3-2-8-26-14-17/h2-15,30H,1H3. The van der Waals surface area contributed by atoms with E-state index in [1.807, 2.05) is 36.4 Å². The van der Waals surface area contributed by atoms with Crippen molar-refractivity contribution < 1.29 is 13.2 Å². The second-order valence-corrected chi connectivity index (χ2v) is 9.00. The summed E-state index contributed by atoms with van der Waals surface area (Å²) in [4.78, 5) is 12.4. The van der Waals surface area contributed by atoms with Gasteiger partial charge >= 0.3 is 0 Å². The van der Waals surface area contributed by atoms with Gasteiger partial charge in [-0.3, -0.25) is 14.7 Å². The summed E-state index contributed by atoms with van der Waals surface area (Å²) >= 11 is 0. The van der Waals surface area contributed by atoms with E-state index in [2.05, 4.69) is 29.9 Å². The lowest BCUT2D eigenvalue weighted by Gasteiger charge is -2.13. The average Bonchev–Trinajstić information content (AvgIpc) is 2.89. The number of aromatic nitrogens is 5. The van der Waals surface area contributed by atoms with Gasteiger partial charge in [-0.25, -0.2) is 13.4 Å². The molecule has 9 nitrogen and oxygen atoms in total. The topological polar surface area (TPSA) is 120 Å². The first-order valence-electron chi connectivity index (χ1n) is 10.2. The number of nitrogens with one attached hydrogen (secondary N) is 1. The molecule has 0 fully saturated rings. The molecule has 4 heterocycles. The molecule has 0 spiro atoms. The van der Waals surface area contributed by atoms with Crippen molar-refractivity contribution in [3.63, 3.8) is 0 Å². The smallest absolute Gasteiger partial charge is 0.262 e. The van der Waals surface area contributed by atoms with Crippen LogP contribution in [-0.4, -0.2) is 40.7 Å². The molecule has 5 aromatic rings. The molecule has 0 atom stereocenters. The van der Waals surface area contributed by atoms with Crippen molar-refractivity contribution in [3.05, 3.63) is 85.6 Å². The summed E-state index contributed by atoms with van der Waals surface area (Å²) in [6, 6.07) is 15.9. The van der Waals surface area contributed by atoms with Crippen molar-refractivity contribution in [2.24, 2.45) is 0 Å². The van der Waals surface area contributed by atoms with Crippen LogP contribution in [0.2, 0.25) is 0 Å². The lowest BCUT2D eigenvalue weighted by atomic mass is 10.0. The number of fused-ring (bicyclic) bond motifs is 1. The van der Waals surface area contributed by atoms with Crippen LogP contribution in [0.15, 0.2) is 90.5 Å². The van der Waals surface area contributed by atoms with Crippen LogP contribution in [0, 0.1) is 0 Å². The minimum Gasteiger partial charge on any atom is -0.480 e. The first-order chi connectivity index (χ1) is 16.5. The molecule has 0 unspecified atom stereocenters. The Hall–Kier alpha value is -4.44. The Morgan fingerprint density at radius 3 is 2.44 bits per heavy atom. The van der Waals surface area contributed by atoms with Gasteiger partial charge in [0.25, 0.3) is 10.0 Å². The fourth-order valence-corrected chi connectivity index (χ4v) is 4.48. The third-order valence-corrected chi connectivity index (χ3v) is 6.51. The Bertz CT molecular complexity index is 1580. The molecule has 10 heteroatoms. The average molecular weight is 471 g/mol. The van der Waals surface area contributed by atoms with Crippen molar-refractivity contribution in [1.29, 1.82) is 0 Å². The van der Waals surface area contributed by atoms with Gasteiger partial charge in [0.2, 0.25) is 5.88 Å². The van der Waals surface area contributed by atoms with Gasteiger partial charge in [0.05, 0.1) is 23.2 Å². The van der Waals surface area contributed by atoms with Crippen LogP contribution in [-0.2, 0) is 10.0 Å². The summed E-state index contributed by atoms with van der Waals surface area (Å²) in [5.41, 5.74) is 4.06. The summed E-state index contributed by atoms with van der Waals surface area (Å²) < 4.78 is 33.5. The quantitative estimate of drug-likeness (QED) is 0.396. The Labute approximate surface area is 195 Å². The number of methoxy groups -OCH3 is 1. The van der Waals surface area contributed by atoms with Crippen molar-refractivity contribution in [2.45, 2.75) is 4.90 Å². The SMILES string of the molecule is COc1ncc(-c2ccc3nnc(-c4cccnc4)cc3c2)cc1NS(=O)(=O)c1ccncc1. The number of anilines is 1. The van der Waals surface area contributed by atoms with Gasteiger partial charge in [-0.05, 0) is 54.1 Å². The molecule has 0 radical (unpaired) electrons. The Morgan fingerprint density at radius 1 is 0.824 bits per heavy atom. The van der Waals surface area contributed by atoms with E-state index >= 15 is 0 Å². The third kappa shape index (κ3) is 4.26. The minimum absolute atomic E-state index is 0.0853. The number of rotatable bonds is 6. The molecule has 4 aromatic heterocycles. The van der Waals surface area contributed by atoms with Crippen LogP contribution in [0.5, 0.6) is 5.88 Å². The van der Waals surface area contributed by atoms with Gasteiger partial charge in [0.1, 0.15) is 5.69 Å². The predicted octanol–water partition coefficient (Wildman–Crippen LogP) is 3.96. The predicted molar refractivity (Wildman–Crippen MR) is 128 cm³/mol. The molecule has 168 valence electrons. The van der Waals surface area contributed by atoms with E-state index < -0.39 is 10.0 Å². The van der Waals surface area contributed by atoms with Crippen LogP contribution in [0.25, 0.3) is 33.3 Å². The molecule has 1 aromatic carbocycles. The highest BCUT2D eigenvalue weighted by Gasteiger charge is 2.18. The summed E-state index contributed by atoms with van der Waals surface area (Å²) in [5.74, 6) is 0.159. The highest BCUT2D eigenvalue weighted by Crippen LogP contribution is 2.31. The largest absolute Gasteiger partial charge is 0.480 e. The zero-order chi connectivity index (χ0) is 23.5. The van der Waals surface area contributed by atoms with Crippen LogP contribution < -0.4 is 9.46 Å². The number of pyridine rings is 3. The second-order valence-electron chi connectivity index (χ2n) is 7.31. The molecule has 0 saturated heterocycles. The fraction of sp³-hybridized carbons (Fsp3) is 0.0417.